The van der Waals surface area contributed by atoms with Gasteiger partial charge in [-0.15, -0.1) is 11.8 Å². The lowest BCUT2D eigenvalue weighted by molar-refractivity contribution is 0.414. The number of anilines is 1. The van der Waals surface area contributed by atoms with E-state index in [4.69, 9.17) is 4.74 Å². The average Bonchev–Trinajstić information content (AvgIpc) is 2.53. The molecule has 20 heavy (non-hydrogen) atoms. The maximum atomic E-state index is 9.32. The summed E-state index contributed by atoms with van der Waals surface area (Å²) in [6, 6.07) is 17.5. The first-order valence-corrected chi connectivity index (χ1v) is 7.43. The molecule has 0 bridgehead atoms. The van der Waals surface area contributed by atoms with Crippen LogP contribution in [0, 0.1) is 11.3 Å². The lowest BCUT2D eigenvalue weighted by Crippen LogP contribution is -2.08. The van der Waals surface area contributed by atoms with Gasteiger partial charge in [-0.1, -0.05) is 12.1 Å². The molecule has 1 unspecified atom stereocenters. The lowest BCUT2D eigenvalue weighted by Gasteiger charge is -2.14. The molecule has 0 aliphatic heterocycles. The van der Waals surface area contributed by atoms with Crippen LogP contribution >= 0.6 is 11.8 Å². The summed E-state index contributed by atoms with van der Waals surface area (Å²) in [5, 5.41) is 12.5. The van der Waals surface area contributed by atoms with E-state index in [2.05, 4.69) is 11.4 Å². The summed E-state index contributed by atoms with van der Waals surface area (Å²) in [6.45, 7) is 0. The third-order valence-corrected chi connectivity index (χ3v) is 3.72. The Balaban J connectivity index is 2.13. The van der Waals surface area contributed by atoms with Gasteiger partial charge in [0.2, 0.25) is 0 Å². The first-order valence-electron chi connectivity index (χ1n) is 6.21. The van der Waals surface area contributed by atoms with E-state index in [-0.39, 0.29) is 6.04 Å². The van der Waals surface area contributed by atoms with Crippen molar-refractivity contribution in [1.29, 1.82) is 5.26 Å². The van der Waals surface area contributed by atoms with Gasteiger partial charge in [0.25, 0.3) is 0 Å². The first kappa shape index (κ1) is 14.3. The maximum absolute atomic E-state index is 9.32. The Labute approximate surface area is 123 Å². The Morgan fingerprint density at radius 2 is 1.75 bits per heavy atom. The number of ether oxygens (including phenoxy) is 1. The highest BCUT2D eigenvalue weighted by Crippen LogP contribution is 2.23. The molecule has 0 saturated heterocycles. The molecule has 1 N–H and O–H groups in total. The van der Waals surface area contributed by atoms with Crippen molar-refractivity contribution < 1.29 is 4.74 Å². The zero-order chi connectivity index (χ0) is 14.4. The van der Waals surface area contributed by atoms with Gasteiger partial charge in [-0.3, -0.25) is 0 Å². The van der Waals surface area contributed by atoms with E-state index in [1.807, 2.05) is 54.8 Å². The van der Waals surface area contributed by atoms with Gasteiger partial charge in [-0.25, -0.2) is 0 Å². The zero-order valence-corrected chi connectivity index (χ0v) is 12.3. The molecule has 0 fully saturated rings. The molecular weight excluding hydrogens is 268 g/mol. The van der Waals surface area contributed by atoms with Crippen molar-refractivity contribution in [3.05, 3.63) is 54.1 Å². The molecular formula is C16H16N2OS. The van der Waals surface area contributed by atoms with Crippen LogP contribution in [-0.4, -0.2) is 13.4 Å². The third-order valence-electron chi connectivity index (χ3n) is 2.98. The summed E-state index contributed by atoms with van der Waals surface area (Å²) >= 11 is 1.70. The minimum absolute atomic E-state index is 0.374. The molecule has 0 heterocycles. The third kappa shape index (κ3) is 3.46. The second-order valence-corrected chi connectivity index (χ2v) is 5.09. The Bertz CT molecular complexity index is 587. The number of benzene rings is 2. The summed E-state index contributed by atoms with van der Waals surface area (Å²) in [6.07, 6.45) is 2.04. The van der Waals surface area contributed by atoms with Crippen LogP contribution in [0.3, 0.4) is 0 Å². The minimum Gasteiger partial charge on any atom is -0.497 e. The number of nitrogens with one attached hydrogen (secondary N) is 1. The monoisotopic (exact) mass is 284 g/mol. The molecule has 0 saturated carbocycles. The highest BCUT2D eigenvalue weighted by molar-refractivity contribution is 7.98. The van der Waals surface area contributed by atoms with Crippen LogP contribution in [0.2, 0.25) is 0 Å². The summed E-state index contributed by atoms with van der Waals surface area (Å²) in [4.78, 5) is 1.20. The van der Waals surface area contributed by atoms with Gasteiger partial charge < -0.3 is 10.1 Å². The van der Waals surface area contributed by atoms with Gasteiger partial charge >= 0.3 is 0 Å². The molecule has 3 nitrogen and oxygen atoms in total. The van der Waals surface area contributed by atoms with Crippen LogP contribution in [0.5, 0.6) is 5.75 Å². The number of rotatable bonds is 5. The molecule has 0 aromatic heterocycles. The first-order chi connectivity index (χ1) is 9.76. The summed E-state index contributed by atoms with van der Waals surface area (Å²) < 4.78 is 5.12. The largest absolute Gasteiger partial charge is 0.497 e. The molecule has 0 aliphatic rings. The average molecular weight is 284 g/mol. The normalized spacial score (nSPS) is 11.4. The Morgan fingerprint density at radius 3 is 2.25 bits per heavy atom. The molecule has 0 amide bonds. The smallest absolute Gasteiger partial charge is 0.140 e. The predicted octanol–water partition coefficient (Wildman–Crippen LogP) is 4.09. The van der Waals surface area contributed by atoms with Crippen LogP contribution < -0.4 is 10.1 Å². The minimum atomic E-state index is -0.374. The molecule has 2 aromatic carbocycles. The quantitative estimate of drug-likeness (QED) is 0.840. The van der Waals surface area contributed by atoms with Crippen molar-refractivity contribution in [2.24, 2.45) is 0 Å². The molecule has 0 radical (unpaired) electrons. The van der Waals surface area contributed by atoms with E-state index < -0.39 is 0 Å². The topological polar surface area (TPSA) is 45.0 Å². The summed E-state index contributed by atoms with van der Waals surface area (Å²) in [7, 11) is 1.63. The molecule has 0 spiro atoms. The van der Waals surface area contributed by atoms with Crippen LogP contribution in [-0.2, 0) is 0 Å². The molecule has 0 aliphatic carbocycles. The van der Waals surface area contributed by atoms with Crippen LogP contribution in [0.15, 0.2) is 53.4 Å². The summed E-state index contributed by atoms with van der Waals surface area (Å²) in [5.74, 6) is 0.787. The predicted molar refractivity (Wildman–Crippen MR) is 83.2 cm³/mol. The molecule has 4 heteroatoms. The van der Waals surface area contributed by atoms with E-state index in [0.717, 1.165) is 17.0 Å². The van der Waals surface area contributed by atoms with E-state index in [0.29, 0.717) is 0 Å². The highest BCUT2D eigenvalue weighted by atomic mass is 32.2. The maximum Gasteiger partial charge on any atom is 0.140 e. The number of methoxy groups -OCH3 is 1. The van der Waals surface area contributed by atoms with Crippen LogP contribution in [0.1, 0.15) is 11.6 Å². The van der Waals surface area contributed by atoms with E-state index >= 15 is 0 Å². The van der Waals surface area contributed by atoms with Crippen molar-refractivity contribution in [2.45, 2.75) is 10.9 Å². The fourth-order valence-electron chi connectivity index (χ4n) is 1.84. The van der Waals surface area contributed by atoms with Crippen molar-refractivity contribution in [3.8, 4) is 11.8 Å². The number of nitriles is 1. The van der Waals surface area contributed by atoms with Crippen molar-refractivity contribution in [3.63, 3.8) is 0 Å². The number of hydrogen-bond acceptors (Lipinski definition) is 4. The molecule has 2 rings (SSSR count). The second kappa shape index (κ2) is 6.88. The van der Waals surface area contributed by atoms with Gasteiger partial charge in [0.1, 0.15) is 11.8 Å². The van der Waals surface area contributed by atoms with Crippen molar-refractivity contribution in [1.82, 2.24) is 0 Å². The van der Waals surface area contributed by atoms with Gasteiger partial charge in [-0.05, 0) is 48.2 Å². The van der Waals surface area contributed by atoms with E-state index in [1.54, 1.807) is 18.9 Å². The fourth-order valence-corrected chi connectivity index (χ4v) is 2.25. The van der Waals surface area contributed by atoms with Gasteiger partial charge in [0.05, 0.1) is 13.2 Å². The Morgan fingerprint density at radius 1 is 1.10 bits per heavy atom. The standard InChI is InChI=1S/C16H16N2OS/c1-19-14-7-3-12(4-8-14)16(11-17)18-13-5-9-15(20-2)10-6-13/h3-10,16,18H,1-2H3. The molecule has 2 aromatic rings. The Kier molecular flexibility index (Phi) is 4.91. The SMILES string of the molecule is COc1ccc(C(C#N)Nc2ccc(SC)cc2)cc1. The zero-order valence-electron chi connectivity index (χ0n) is 11.5. The lowest BCUT2D eigenvalue weighted by atomic mass is 10.1. The number of nitrogens with zero attached hydrogens (tertiary/aromatic N) is 1. The number of thioether (sulfide) groups is 1. The molecule has 102 valence electrons. The highest BCUT2D eigenvalue weighted by Gasteiger charge is 2.10. The van der Waals surface area contributed by atoms with Crippen LogP contribution in [0.4, 0.5) is 5.69 Å². The second-order valence-electron chi connectivity index (χ2n) is 4.21. The van der Waals surface area contributed by atoms with Gasteiger partial charge in [0.15, 0.2) is 0 Å². The number of hydrogen-bond donors (Lipinski definition) is 1. The van der Waals surface area contributed by atoms with E-state index in [1.165, 1.54) is 4.90 Å². The summed E-state index contributed by atoms with van der Waals surface area (Å²) in [5.41, 5.74) is 1.85. The fraction of sp³-hybridized carbons (Fsp3) is 0.188. The molecule has 1 atom stereocenters. The van der Waals surface area contributed by atoms with Gasteiger partial charge in [-0.2, -0.15) is 5.26 Å². The van der Waals surface area contributed by atoms with Gasteiger partial charge in [0, 0.05) is 10.6 Å². The van der Waals surface area contributed by atoms with Crippen molar-refractivity contribution in [2.75, 3.05) is 18.7 Å². The van der Waals surface area contributed by atoms with Crippen molar-refractivity contribution >= 4 is 17.4 Å². The van der Waals surface area contributed by atoms with E-state index in [9.17, 15) is 5.26 Å². The van der Waals surface area contributed by atoms with Crippen LogP contribution in [0.25, 0.3) is 0 Å². The Hall–Kier alpha value is -2.12.